The van der Waals surface area contributed by atoms with Crippen LogP contribution in [0.5, 0.6) is 0 Å². The first-order chi connectivity index (χ1) is 8.13. The van der Waals surface area contributed by atoms with E-state index in [0.29, 0.717) is 6.04 Å². The van der Waals surface area contributed by atoms with E-state index in [1.165, 1.54) is 19.3 Å². The minimum Gasteiger partial charge on any atom is -0.351 e. The zero-order chi connectivity index (χ0) is 12.2. The van der Waals surface area contributed by atoms with Crippen molar-refractivity contribution < 1.29 is 4.79 Å². The summed E-state index contributed by atoms with van der Waals surface area (Å²) >= 11 is 0. The molecule has 6 atom stereocenters. The van der Waals surface area contributed by atoms with Gasteiger partial charge in [0, 0.05) is 6.04 Å². The summed E-state index contributed by atoms with van der Waals surface area (Å²) in [6, 6.07) is 0.155. The monoisotopic (exact) mass is 236 g/mol. The van der Waals surface area contributed by atoms with E-state index in [4.69, 9.17) is 5.73 Å². The van der Waals surface area contributed by atoms with Crippen molar-refractivity contribution in [2.45, 2.75) is 51.6 Å². The summed E-state index contributed by atoms with van der Waals surface area (Å²) < 4.78 is 0. The fourth-order valence-corrected chi connectivity index (χ4v) is 4.29. The molecule has 3 aliphatic carbocycles. The maximum Gasteiger partial charge on any atom is 0.237 e. The SMILES string of the molecule is CCC(C)C(N)C(=O)NC1C2C3CCC(C3)C12. The Morgan fingerprint density at radius 1 is 1.35 bits per heavy atom. The minimum absolute atomic E-state index is 0.0816. The van der Waals surface area contributed by atoms with Crippen LogP contribution in [0.3, 0.4) is 0 Å². The van der Waals surface area contributed by atoms with Gasteiger partial charge in [0.15, 0.2) is 0 Å². The number of nitrogens with two attached hydrogens (primary N) is 1. The average molecular weight is 236 g/mol. The highest BCUT2D eigenvalue weighted by molar-refractivity contribution is 5.82. The van der Waals surface area contributed by atoms with Crippen molar-refractivity contribution in [3.8, 4) is 0 Å². The van der Waals surface area contributed by atoms with Crippen LogP contribution in [0.25, 0.3) is 0 Å². The van der Waals surface area contributed by atoms with E-state index in [2.05, 4.69) is 19.2 Å². The van der Waals surface area contributed by atoms with Gasteiger partial charge in [-0.25, -0.2) is 0 Å². The molecule has 1 amide bonds. The molecular formula is C14H24N2O. The van der Waals surface area contributed by atoms with Crippen molar-refractivity contribution in [1.82, 2.24) is 5.32 Å². The standard InChI is InChI=1S/C14H24N2O/c1-3-7(2)12(15)14(17)16-13-10-8-4-5-9(6-8)11(10)13/h7-13H,3-6,15H2,1-2H3,(H,16,17). The molecule has 3 fully saturated rings. The van der Waals surface area contributed by atoms with Crippen LogP contribution in [0.4, 0.5) is 0 Å². The van der Waals surface area contributed by atoms with Crippen LogP contribution >= 0.6 is 0 Å². The van der Waals surface area contributed by atoms with Gasteiger partial charge in [-0.05, 0) is 48.9 Å². The Bertz CT molecular complexity index is 314. The molecule has 0 heterocycles. The molecule has 0 radical (unpaired) electrons. The van der Waals surface area contributed by atoms with Crippen LogP contribution in [0.15, 0.2) is 0 Å². The molecule has 3 saturated carbocycles. The van der Waals surface area contributed by atoms with Gasteiger partial charge in [-0.3, -0.25) is 4.79 Å². The molecule has 0 aromatic carbocycles. The van der Waals surface area contributed by atoms with Gasteiger partial charge >= 0.3 is 0 Å². The molecule has 3 heteroatoms. The summed E-state index contributed by atoms with van der Waals surface area (Å²) in [6.45, 7) is 4.14. The van der Waals surface area contributed by atoms with Crippen LogP contribution < -0.4 is 11.1 Å². The zero-order valence-electron chi connectivity index (χ0n) is 10.9. The lowest BCUT2D eigenvalue weighted by Crippen LogP contribution is -2.46. The predicted octanol–water partition coefficient (Wildman–Crippen LogP) is 1.52. The summed E-state index contributed by atoms with van der Waals surface area (Å²) in [4.78, 5) is 12.0. The molecule has 3 rings (SSSR count). The predicted molar refractivity (Wildman–Crippen MR) is 67.2 cm³/mol. The Kier molecular flexibility index (Phi) is 2.69. The molecule has 3 nitrogen and oxygen atoms in total. The molecular weight excluding hydrogens is 212 g/mol. The van der Waals surface area contributed by atoms with Crippen LogP contribution in [0, 0.1) is 29.6 Å². The van der Waals surface area contributed by atoms with E-state index < -0.39 is 0 Å². The first-order valence-corrected chi connectivity index (χ1v) is 7.19. The molecule has 0 aromatic heterocycles. The highest BCUT2D eigenvalue weighted by atomic mass is 16.2. The third-order valence-corrected chi connectivity index (χ3v) is 5.60. The highest BCUT2D eigenvalue weighted by Gasteiger charge is 2.65. The summed E-state index contributed by atoms with van der Waals surface area (Å²) in [5.41, 5.74) is 5.97. The van der Waals surface area contributed by atoms with E-state index in [0.717, 1.165) is 30.1 Å². The second-order valence-electron chi connectivity index (χ2n) is 6.43. The fraction of sp³-hybridized carbons (Fsp3) is 0.929. The number of hydrogen-bond donors (Lipinski definition) is 2. The number of nitrogens with one attached hydrogen (secondary N) is 1. The molecule has 0 saturated heterocycles. The fourth-order valence-electron chi connectivity index (χ4n) is 4.29. The summed E-state index contributed by atoms with van der Waals surface area (Å²) in [7, 11) is 0. The maximum absolute atomic E-state index is 12.0. The van der Waals surface area contributed by atoms with Crippen LogP contribution in [-0.4, -0.2) is 18.0 Å². The first kappa shape index (κ1) is 11.5. The molecule has 3 N–H and O–H groups in total. The molecule has 17 heavy (non-hydrogen) atoms. The molecule has 2 bridgehead atoms. The molecule has 96 valence electrons. The number of carbonyl (C=O) groups is 1. The molecule has 6 unspecified atom stereocenters. The summed E-state index contributed by atoms with van der Waals surface area (Å²) in [6.07, 6.45) is 5.20. The Balaban J connectivity index is 1.54. The summed E-state index contributed by atoms with van der Waals surface area (Å²) in [5.74, 6) is 3.80. The normalized spacial score (nSPS) is 45.2. The van der Waals surface area contributed by atoms with Crippen molar-refractivity contribution in [2.24, 2.45) is 35.3 Å². The lowest BCUT2D eigenvalue weighted by atomic mass is 9.99. The highest BCUT2D eigenvalue weighted by Crippen LogP contribution is 2.65. The van der Waals surface area contributed by atoms with Gasteiger partial charge in [-0.15, -0.1) is 0 Å². The maximum atomic E-state index is 12.0. The van der Waals surface area contributed by atoms with E-state index >= 15 is 0 Å². The minimum atomic E-state index is -0.320. The van der Waals surface area contributed by atoms with Gasteiger partial charge in [0.1, 0.15) is 0 Å². The zero-order valence-corrected chi connectivity index (χ0v) is 10.9. The van der Waals surface area contributed by atoms with E-state index in [1.54, 1.807) is 0 Å². The Morgan fingerprint density at radius 2 is 1.94 bits per heavy atom. The van der Waals surface area contributed by atoms with Gasteiger partial charge in [0.25, 0.3) is 0 Å². The lowest BCUT2D eigenvalue weighted by molar-refractivity contribution is -0.123. The number of hydrogen-bond acceptors (Lipinski definition) is 2. The van der Waals surface area contributed by atoms with Gasteiger partial charge < -0.3 is 11.1 Å². The van der Waals surface area contributed by atoms with E-state index in [1.807, 2.05) is 0 Å². The largest absolute Gasteiger partial charge is 0.351 e. The third kappa shape index (κ3) is 1.70. The number of amides is 1. The van der Waals surface area contributed by atoms with Crippen molar-refractivity contribution >= 4 is 5.91 Å². The lowest BCUT2D eigenvalue weighted by Gasteiger charge is -2.19. The molecule has 0 aliphatic heterocycles. The Morgan fingerprint density at radius 3 is 2.47 bits per heavy atom. The second kappa shape index (κ2) is 3.98. The van der Waals surface area contributed by atoms with Crippen molar-refractivity contribution in [3.05, 3.63) is 0 Å². The van der Waals surface area contributed by atoms with Gasteiger partial charge in [0.05, 0.1) is 6.04 Å². The quantitative estimate of drug-likeness (QED) is 0.777. The topological polar surface area (TPSA) is 55.1 Å². The second-order valence-corrected chi connectivity index (χ2v) is 6.43. The average Bonchev–Trinajstić information content (AvgIpc) is 2.75. The molecule has 3 aliphatic rings. The summed E-state index contributed by atoms with van der Waals surface area (Å²) in [5, 5.41) is 3.21. The van der Waals surface area contributed by atoms with Crippen LogP contribution in [-0.2, 0) is 4.79 Å². The van der Waals surface area contributed by atoms with E-state index in [-0.39, 0.29) is 17.9 Å². The van der Waals surface area contributed by atoms with E-state index in [9.17, 15) is 4.79 Å². The van der Waals surface area contributed by atoms with Crippen LogP contribution in [0.1, 0.15) is 39.5 Å². The van der Waals surface area contributed by atoms with Crippen LogP contribution in [0.2, 0.25) is 0 Å². The number of carbonyl (C=O) groups excluding carboxylic acids is 1. The number of rotatable bonds is 4. The van der Waals surface area contributed by atoms with Crippen molar-refractivity contribution in [2.75, 3.05) is 0 Å². The van der Waals surface area contributed by atoms with Gasteiger partial charge in [-0.1, -0.05) is 20.3 Å². The third-order valence-electron chi connectivity index (χ3n) is 5.60. The smallest absolute Gasteiger partial charge is 0.237 e. The Hall–Kier alpha value is -0.570. The number of fused-ring (bicyclic) bond motifs is 5. The first-order valence-electron chi connectivity index (χ1n) is 7.19. The molecule has 0 spiro atoms. The Labute approximate surface area is 104 Å². The molecule has 0 aromatic rings. The van der Waals surface area contributed by atoms with Gasteiger partial charge in [0.2, 0.25) is 5.91 Å². The van der Waals surface area contributed by atoms with Crippen molar-refractivity contribution in [1.29, 1.82) is 0 Å². The van der Waals surface area contributed by atoms with Gasteiger partial charge in [-0.2, -0.15) is 0 Å². The van der Waals surface area contributed by atoms with Crippen molar-refractivity contribution in [3.63, 3.8) is 0 Å².